The van der Waals surface area contributed by atoms with Gasteiger partial charge in [-0.3, -0.25) is 9.59 Å². The lowest BCUT2D eigenvalue weighted by atomic mass is 10.1. The molecule has 0 aliphatic carbocycles. The maximum Gasteiger partial charge on any atom is 0.291 e. The smallest absolute Gasteiger partial charge is 0.291 e. The Morgan fingerprint density at radius 3 is 2.32 bits per heavy atom. The van der Waals surface area contributed by atoms with Crippen LogP contribution in [-0.2, 0) is 6.54 Å². The predicted molar refractivity (Wildman–Crippen MR) is 120 cm³/mol. The second kappa shape index (κ2) is 9.45. The Morgan fingerprint density at radius 2 is 1.52 bits per heavy atom. The highest BCUT2D eigenvalue weighted by Crippen LogP contribution is 2.21. The summed E-state index contributed by atoms with van der Waals surface area (Å²) in [6.07, 6.45) is 1.45. The average Bonchev–Trinajstić information content (AvgIpc) is 3.34. The van der Waals surface area contributed by atoms with Gasteiger partial charge in [0.05, 0.1) is 17.5 Å². The van der Waals surface area contributed by atoms with Gasteiger partial charge in [0.15, 0.2) is 5.76 Å². The van der Waals surface area contributed by atoms with Crippen LogP contribution in [0.3, 0.4) is 0 Å². The highest BCUT2D eigenvalue weighted by atomic mass is 16.3. The second-order valence-electron chi connectivity index (χ2n) is 6.85. The third-order valence-electron chi connectivity index (χ3n) is 4.61. The van der Waals surface area contributed by atoms with Gasteiger partial charge in [-0.15, -0.1) is 0 Å². The Kier molecular flexibility index (Phi) is 6.09. The molecule has 0 saturated heterocycles. The van der Waals surface area contributed by atoms with E-state index in [0.717, 1.165) is 16.9 Å². The third-order valence-corrected chi connectivity index (χ3v) is 4.61. The largest absolute Gasteiger partial charge is 0.459 e. The fourth-order valence-corrected chi connectivity index (χ4v) is 3.10. The summed E-state index contributed by atoms with van der Waals surface area (Å²) >= 11 is 0. The van der Waals surface area contributed by atoms with Crippen molar-refractivity contribution >= 4 is 28.9 Å². The quantitative estimate of drug-likeness (QED) is 0.390. The summed E-state index contributed by atoms with van der Waals surface area (Å²) in [5.74, 6) is -0.280. The maximum absolute atomic E-state index is 12.8. The number of benzene rings is 3. The number of nitrogens with one attached hydrogen (secondary N) is 3. The SMILES string of the molecule is O=C(Nc1cccc(CNC(=O)c2ccccc2Nc2ccccc2)c1)c1ccco1. The Balaban J connectivity index is 1.41. The average molecular weight is 411 g/mol. The number of anilines is 3. The van der Waals surface area contributed by atoms with E-state index in [1.165, 1.54) is 6.26 Å². The fraction of sp³-hybridized carbons (Fsp3) is 0.0400. The van der Waals surface area contributed by atoms with Gasteiger partial charge in [-0.25, -0.2) is 0 Å². The van der Waals surface area contributed by atoms with E-state index in [4.69, 9.17) is 4.42 Å². The highest BCUT2D eigenvalue weighted by molar-refractivity contribution is 6.02. The van der Waals surface area contributed by atoms with Gasteiger partial charge in [0.25, 0.3) is 11.8 Å². The van der Waals surface area contributed by atoms with E-state index in [-0.39, 0.29) is 17.6 Å². The Morgan fingerprint density at radius 1 is 0.742 bits per heavy atom. The molecule has 3 N–H and O–H groups in total. The van der Waals surface area contributed by atoms with Crippen LogP contribution in [0.5, 0.6) is 0 Å². The molecular formula is C25H21N3O3. The first-order valence-corrected chi connectivity index (χ1v) is 9.82. The number of amides is 2. The summed E-state index contributed by atoms with van der Waals surface area (Å²) in [6.45, 7) is 0.322. The minimum atomic E-state index is -0.327. The molecule has 0 aliphatic heterocycles. The minimum absolute atomic E-state index is 0.191. The molecule has 4 aromatic rings. The highest BCUT2D eigenvalue weighted by Gasteiger charge is 2.12. The third kappa shape index (κ3) is 5.19. The molecule has 0 unspecified atom stereocenters. The number of carbonyl (C=O) groups excluding carboxylic acids is 2. The number of hydrogen-bond donors (Lipinski definition) is 3. The summed E-state index contributed by atoms with van der Waals surface area (Å²) in [5.41, 5.74) is 3.67. The van der Waals surface area contributed by atoms with Gasteiger partial charge in [-0.2, -0.15) is 0 Å². The molecule has 0 bridgehead atoms. The molecule has 1 aromatic heterocycles. The first-order valence-electron chi connectivity index (χ1n) is 9.82. The van der Waals surface area contributed by atoms with Crippen LogP contribution in [0, 0.1) is 0 Å². The van der Waals surface area contributed by atoms with Crippen LogP contribution in [0.4, 0.5) is 17.1 Å². The Hall–Kier alpha value is -4.32. The van der Waals surface area contributed by atoms with Gasteiger partial charge in [-0.1, -0.05) is 42.5 Å². The van der Waals surface area contributed by atoms with Crippen LogP contribution in [-0.4, -0.2) is 11.8 Å². The first-order chi connectivity index (χ1) is 15.2. The Bertz CT molecular complexity index is 1170. The van der Waals surface area contributed by atoms with Crippen LogP contribution < -0.4 is 16.0 Å². The van der Waals surface area contributed by atoms with E-state index >= 15 is 0 Å². The number of rotatable bonds is 7. The lowest BCUT2D eigenvalue weighted by Gasteiger charge is -2.13. The molecule has 0 spiro atoms. The van der Waals surface area contributed by atoms with Crippen molar-refractivity contribution in [3.63, 3.8) is 0 Å². The van der Waals surface area contributed by atoms with Crippen molar-refractivity contribution in [2.45, 2.75) is 6.54 Å². The van der Waals surface area contributed by atoms with Crippen LogP contribution in [0.1, 0.15) is 26.5 Å². The molecule has 0 atom stereocenters. The topological polar surface area (TPSA) is 83.4 Å². The zero-order valence-corrected chi connectivity index (χ0v) is 16.7. The first kappa shape index (κ1) is 20.0. The lowest BCUT2D eigenvalue weighted by Crippen LogP contribution is -2.23. The van der Waals surface area contributed by atoms with E-state index in [2.05, 4.69) is 16.0 Å². The minimum Gasteiger partial charge on any atom is -0.459 e. The lowest BCUT2D eigenvalue weighted by molar-refractivity contribution is 0.0950. The molecular weight excluding hydrogens is 390 g/mol. The molecule has 154 valence electrons. The molecule has 6 heteroatoms. The molecule has 0 fully saturated rings. The van der Waals surface area contributed by atoms with Crippen LogP contribution in [0.25, 0.3) is 0 Å². The fourth-order valence-electron chi connectivity index (χ4n) is 3.10. The maximum atomic E-state index is 12.8. The van der Waals surface area contributed by atoms with Gasteiger partial charge >= 0.3 is 0 Å². The van der Waals surface area contributed by atoms with Gasteiger partial charge in [-0.05, 0) is 54.1 Å². The summed E-state index contributed by atoms with van der Waals surface area (Å²) in [4.78, 5) is 25.0. The monoisotopic (exact) mass is 411 g/mol. The zero-order chi connectivity index (χ0) is 21.5. The van der Waals surface area contributed by atoms with Crippen molar-refractivity contribution in [2.75, 3.05) is 10.6 Å². The van der Waals surface area contributed by atoms with Crippen LogP contribution in [0.2, 0.25) is 0 Å². The molecule has 3 aromatic carbocycles. The van der Waals surface area contributed by atoms with E-state index < -0.39 is 0 Å². The molecule has 6 nitrogen and oxygen atoms in total. The van der Waals surface area contributed by atoms with E-state index in [1.54, 1.807) is 24.3 Å². The predicted octanol–water partition coefficient (Wildman–Crippen LogP) is 5.21. The van der Waals surface area contributed by atoms with Crippen LogP contribution >= 0.6 is 0 Å². The van der Waals surface area contributed by atoms with Crippen LogP contribution in [0.15, 0.2) is 102 Å². The van der Waals surface area contributed by atoms with Gasteiger partial charge < -0.3 is 20.4 Å². The molecule has 2 amide bonds. The van der Waals surface area contributed by atoms with E-state index in [9.17, 15) is 9.59 Å². The van der Waals surface area contributed by atoms with Gasteiger partial charge in [0, 0.05) is 17.9 Å². The van der Waals surface area contributed by atoms with Gasteiger partial charge in [0.1, 0.15) is 0 Å². The number of para-hydroxylation sites is 2. The van der Waals surface area contributed by atoms with Crippen molar-refractivity contribution in [3.05, 3.63) is 114 Å². The van der Waals surface area contributed by atoms with Gasteiger partial charge in [0.2, 0.25) is 0 Å². The molecule has 4 rings (SSSR count). The van der Waals surface area contributed by atoms with Crippen molar-refractivity contribution in [3.8, 4) is 0 Å². The number of carbonyl (C=O) groups is 2. The summed E-state index contributed by atoms with van der Waals surface area (Å²) < 4.78 is 5.10. The summed E-state index contributed by atoms with van der Waals surface area (Å²) in [7, 11) is 0. The number of furan rings is 1. The second-order valence-corrected chi connectivity index (χ2v) is 6.85. The van der Waals surface area contributed by atoms with Crippen molar-refractivity contribution < 1.29 is 14.0 Å². The molecule has 0 saturated carbocycles. The molecule has 31 heavy (non-hydrogen) atoms. The van der Waals surface area contributed by atoms with Crippen molar-refractivity contribution in [2.24, 2.45) is 0 Å². The molecule has 0 aliphatic rings. The molecule has 1 heterocycles. The standard InChI is InChI=1S/C25H21N3O3/c29-24(21-12-4-5-13-22(21)27-19-9-2-1-3-10-19)26-17-18-8-6-11-20(16-18)28-25(30)23-14-7-15-31-23/h1-16,27H,17H2,(H,26,29)(H,28,30). The Labute approximate surface area is 179 Å². The zero-order valence-electron chi connectivity index (χ0n) is 16.7. The van der Waals surface area contributed by atoms with Crippen molar-refractivity contribution in [1.82, 2.24) is 5.32 Å². The van der Waals surface area contributed by atoms with Crippen molar-refractivity contribution in [1.29, 1.82) is 0 Å². The summed E-state index contributed by atoms with van der Waals surface area (Å²) in [6, 6.07) is 27.6. The van der Waals surface area contributed by atoms with E-state index in [1.807, 2.05) is 66.7 Å². The number of hydrogen-bond acceptors (Lipinski definition) is 4. The summed E-state index contributed by atoms with van der Waals surface area (Å²) in [5, 5.41) is 9.00. The normalized spacial score (nSPS) is 10.3. The van der Waals surface area contributed by atoms with E-state index in [0.29, 0.717) is 17.8 Å². The molecule has 0 radical (unpaired) electrons.